The van der Waals surface area contributed by atoms with E-state index in [1.54, 1.807) is 0 Å². The van der Waals surface area contributed by atoms with E-state index in [0.29, 0.717) is 5.92 Å². The van der Waals surface area contributed by atoms with Gasteiger partial charge in [0.1, 0.15) is 0 Å². The number of rotatable bonds is 4. The maximum absolute atomic E-state index is 5.67. The molecule has 2 aliphatic heterocycles. The monoisotopic (exact) mass is 279 g/mol. The Morgan fingerprint density at radius 3 is 2.90 bits per heavy atom. The Labute approximate surface area is 120 Å². The van der Waals surface area contributed by atoms with Gasteiger partial charge < -0.3 is 14.6 Å². The van der Waals surface area contributed by atoms with Crippen LogP contribution in [0, 0.1) is 0 Å². The minimum absolute atomic E-state index is 0.0589. The van der Waals surface area contributed by atoms with E-state index < -0.39 is 0 Å². The quantitative estimate of drug-likeness (QED) is 0.917. The third kappa shape index (κ3) is 2.74. The highest BCUT2D eigenvalue weighted by Crippen LogP contribution is 2.36. The first-order valence-electron chi connectivity index (χ1n) is 7.96. The van der Waals surface area contributed by atoms with Crippen molar-refractivity contribution in [2.45, 2.75) is 56.8 Å². The standard InChI is InChI=1S/C15H25N3O2/c1-2-6-15(7-3-8-16-11-15)14-17-13(18-20-14)12-4-9-19-10-5-12/h12,16H,2-11H2,1H3. The third-order valence-corrected chi connectivity index (χ3v) is 4.68. The summed E-state index contributed by atoms with van der Waals surface area (Å²) in [6, 6.07) is 0. The van der Waals surface area contributed by atoms with E-state index in [4.69, 9.17) is 14.2 Å². The van der Waals surface area contributed by atoms with Crippen LogP contribution in [0.5, 0.6) is 0 Å². The maximum Gasteiger partial charge on any atom is 0.234 e. The average molecular weight is 279 g/mol. The fourth-order valence-electron chi connectivity index (χ4n) is 3.52. The lowest BCUT2D eigenvalue weighted by atomic mass is 9.77. The Hall–Kier alpha value is -0.940. The first-order chi connectivity index (χ1) is 9.84. The smallest absolute Gasteiger partial charge is 0.234 e. The summed E-state index contributed by atoms with van der Waals surface area (Å²) in [4.78, 5) is 4.78. The highest BCUT2D eigenvalue weighted by Gasteiger charge is 2.39. The van der Waals surface area contributed by atoms with Crippen molar-refractivity contribution in [2.75, 3.05) is 26.3 Å². The van der Waals surface area contributed by atoms with Crippen molar-refractivity contribution >= 4 is 0 Å². The summed E-state index contributed by atoms with van der Waals surface area (Å²) in [7, 11) is 0. The maximum atomic E-state index is 5.67. The molecule has 5 nitrogen and oxygen atoms in total. The Morgan fingerprint density at radius 1 is 1.35 bits per heavy atom. The van der Waals surface area contributed by atoms with Gasteiger partial charge in [-0.25, -0.2) is 0 Å². The second kappa shape index (κ2) is 6.22. The van der Waals surface area contributed by atoms with Crippen molar-refractivity contribution in [3.63, 3.8) is 0 Å². The van der Waals surface area contributed by atoms with E-state index in [0.717, 1.165) is 70.1 Å². The lowest BCUT2D eigenvalue weighted by molar-refractivity contribution is 0.0830. The molecule has 0 aliphatic carbocycles. The molecule has 1 N–H and O–H groups in total. The fourth-order valence-corrected chi connectivity index (χ4v) is 3.52. The van der Waals surface area contributed by atoms with Gasteiger partial charge in [-0.2, -0.15) is 4.98 Å². The van der Waals surface area contributed by atoms with Crippen molar-refractivity contribution in [3.05, 3.63) is 11.7 Å². The molecule has 0 aromatic carbocycles. The molecule has 1 aromatic heterocycles. The SMILES string of the molecule is CCCC1(c2nc(C3CCOCC3)no2)CCCNC1. The van der Waals surface area contributed by atoms with Crippen molar-refractivity contribution in [1.29, 1.82) is 0 Å². The fraction of sp³-hybridized carbons (Fsp3) is 0.867. The van der Waals surface area contributed by atoms with Crippen LogP contribution in [-0.2, 0) is 10.2 Å². The van der Waals surface area contributed by atoms with Crippen LogP contribution in [0.4, 0.5) is 0 Å². The van der Waals surface area contributed by atoms with Gasteiger partial charge in [0, 0.05) is 25.7 Å². The summed E-state index contributed by atoms with van der Waals surface area (Å²) >= 11 is 0. The zero-order valence-corrected chi connectivity index (χ0v) is 12.4. The molecule has 1 aromatic rings. The molecule has 2 saturated heterocycles. The van der Waals surface area contributed by atoms with Crippen molar-refractivity contribution in [3.8, 4) is 0 Å². The van der Waals surface area contributed by atoms with Crippen LogP contribution in [0.2, 0.25) is 0 Å². The normalized spacial score (nSPS) is 28.6. The molecule has 5 heteroatoms. The van der Waals surface area contributed by atoms with Crippen LogP contribution in [0.1, 0.15) is 63.1 Å². The molecule has 2 aliphatic rings. The van der Waals surface area contributed by atoms with Gasteiger partial charge in [-0.05, 0) is 38.6 Å². The zero-order valence-electron chi connectivity index (χ0n) is 12.4. The predicted molar refractivity (Wildman–Crippen MR) is 75.8 cm³/mol. The van der Waals surface area contributed by atoms with E-state index in [1.807, 2.05) is 0 Å². The molecule has 3 heterocycles. The molecule has 0 amide bonds. The minimum Gasteiger partial charge on any atom is -0.381 e. The zero-order chi connectivity index (χ0) is 13.8. The molecule has 2 fully saturated rings. The molecular formula is C15H25N3O2. The summed E-state index contributed by atoms with van der Waals surface area (Å²) in [5.41, 5.74) is 0.0589. The number of aromatic nitrogens is 2. The molecule has 0 saturated carbocycles. The molecule has 0 bridgehead atoms. The number of hydrogen-bond donors (Lipinski definition) is 1. The largest absolute Gasteiger partial charge is 0.381 e. The van der Waals surface area contributed by atoms with Gasteiger partial charge in [-0.15, -0.1) is 0 Å². The van der Waals surface area contributed by atoms with Gasteiger partial charge in [0.2, 0.25) is 5.89 Å². The van der Waals surface area contributed by atoms with Gasteiger partial charge in [0.05, 0.1) is 5.41 Å². The van der Waals surface area contributed by atoms with Crippen LogP contribution >= 0.6 is 0 Å². The minimum atomic E-state index is 0.0589. The molecule has 3 rings (SSSR count). The molecule has 112 valence electrons. The Morgan fingerprint density at radius 2 is 2.20 bits per heavy atom. The molecule has 1 atom stereocenters. The molecule has 0 spiro atoms. The van der Waals surface area contributed by atoms with Gasteiger partial charge in [-0.1, -0.05) is 18.5 Å². The summed E-state index contributed by atoms with van der Waals surface area (Å²) in [5.74, 6) is 2.16. The number of piperidine rings is 1. The number of ether oxygens (including phenoxy) is 1. The highest BCUT2D eigenvalue weighted by molar-refractivity contribution is 5.10. The van der Waals surface area contributed by atoms with Crippen molar-refractivity contribution in [2.24, 2.45) is 0 Å². The van der Waals surface area contributed by atoms with E-state index in [9.17, 15) is 0 Å². The third-order valence-electron chi connectivity index (χ3n) is 4.68. The van der Waals surface area contributed by atoms with Crippen LogP contribution in [-0.4, -0.2) is 36.4 Å². The van der Waals surface area contributed by atoms with Crippen LogP contribution in [0.3, 0.4) is 0 Å². The number of hydrogen-bond acceptors (Lipinski definition) is 5. The summed E-state index contributed by atoms with van der Waals surface area (Å²) in [6.07, 6.45) is 6.64. The van der Waals surface area contributed by atoms with E-state index in [-0.39, 0.29) is 5.41 Å². The summed E-state index contributed by atoms with van der Waals surface area (Å²) in [6.45, 7) is 5.93. The predicted octanol–water partition coefficient (Wildman–Crippen LogP) is 2.38. The first kappa shape index (κ1) is 14.0. The van der Waals surface area contributed by atoms with Gasteiger partial charge in [0.25, 0.3) is 0 Å². The number of nitrogens with zero attached hydrogens (tertiary/aromatic N) is 2. The number of nitrogens with one attached hydrogen (secondary N) is 1. The molecular weight excluding hydrogens is 254 g/mol. The van der Waals surface area contributed by atoms with E-state index >= 15 is 0 Å². The van der Waals surface area contributed by atoms with Crippen LogP contribution < -0.4 is 5.32 Å². The van der Waals surface area contributed by atoms with Gasteiger partial charge in [0.15, 0.2) is 5.82 Å². The topological polar surface area (TPSA) is 60.2 Å². The molecule has 20 heavy (non-hydrogen) atoms. The molecule has 1 unspecified atom stereocenters. The van der Waals surface area contributed by atoms with Crippen molar-refractivity contribution < 1.29 is 9.26 Å². The first-order valence-corrected chi connectivity index (χ1v) is 7.96. The van der Waals surface area contributed by atoms with Gasteiger partial charge >= 0.3 is 0 Å². The summed E-state index contributed by atoms with van der Waals surface area (Å²) < 4.78 is 11.1. The average Bonchev–Trinajstić information content (AvgIpc) is 3.00. The van der Waals surface area contributed by atoms with Crippen molar-refractivity contribution in [1.82, 2.24) is 15.5 Å². The molecule has 0 radical (unpaired) electrons. The van der Waals surface area contributed by atoms with E-state index in [2.05, 4.69) is 17.4 Å². The Balaban J connectivity index is 1.79. The van der Waals surface area contributed by atoms with E-state index in [1.165, 1.54) is 6.42 Å². The van der Waals surface area contributed by atoms with Crippen LogP contribution in [0.25, 0.3) is 0 Å². The Kier molecular flexibility index (Phi) is 4.36. The second-order valence-electron chi connectivity index (χ2n) is 6.16. The summed E-state index contributed by atoms with van der Waals surface area (Å²) in [5, 5.41) is 7.77. The van der Waals surface area contributed by atoms with Gasteiger partial charge in [-0.3, -0.25) is 0 Å². The lowest BCUT2D eigenvalue weighted by Gasteiger charge is -2.34. The second-order valence-corrected chi connectivity index (χ2v) is 6.16. The van der Waals surface area contributed by atoms with Crippen LogP contribution in [0.15, 0.2) is 4.52 Å². The highest BCUT2D eigenvalue weighted by atomic mass is 16.5. The Bertz CT molecular complexity index is 415. The lowest BCUT2D eigenvalue weighted by Crippen LogP contribution is -2.43.